The van der Waals surface area contributed by atoms with E-state index in [1.54, 1.807) is 18.2 Å². The number of cyclic esters (lactones) is 1. The number of nitrogens with one attached hydrogen (secondary N) is 3. The number of hydrogen-bond donors (Lipinski definition) is 3. The molecule has 44 heavy (non-hydrogen) atoms. The van der Waals surface area contributed by atoms with Crippen molar-refractivity contribution in [1.82, 2.24) is 14.9 Å². The van der Waals surface area contributed by atoms with E-state index in [0.717, 1.165) is 0 Å². The quantitative estimate of drug-likeness (QED) is 0.244. The maximum atomic E-state index is 13.4. The molecule has 0 saturated carbocycles. The molecule has 3 heterocycles. The van der Waals surface area contributed by atoms with E-state index in [1.165, 1.54) is 30.2 Å². The van der Waals surface area contributed by atoms with Crippen LogP contribution in [-0.4, -0.2) is 53.2 Å². The summed E-state index contributed by atoms with van der Waals surface area (Å²) in [4.78, 5) is 47.1. The molecule has 0 spiro atoms. The molecule has 3 amide bonds. The van der Waals surface area contributed by atoms with Crippen molar-refractivity contribution in [2.75, 3.05) is 24.3 Å². The smallest absolute Gasteiger partial charge is 0.411 e. The number of rotatable bonds is 5. The highest BCUT2D eigenvalue weighted by Gasteiger charge is 2.36. The first-order valence-corrected chi connectivity index (χ1v) is 14.3. The van der Waals surface area contributed by atoms with Crippen molar-refractivity contribution in [3.63, 3.8) is 0 Å². The van der Waals surface area contributed by atoms with Crippen molar-refractivity contribution in [2.45, 2.75) is 44.4 Å². The number of fused-ring (bicyclic) bond motifs is 4. The van der Waals surface area contributed by atoms with Crippen molar-refractivity contribution < 1.29 is 37.4 Å². The molecule has 15 heteroatoms. The number of benzene rings is 2. The summed E-state index contributed by atoms with van der Waals surface area (Å²) in [5, 5.41) is 5.84. The van der Waals surface area contributed by atoms with Gasteiger partial charge in [0.15, 0.2) is 0 Å². The Morgan fingerprint density at radius 3 is 2.75 bits per heavy atom. The summed E-state index contributed by atoms with van der Waals surface area (Å²) in [6, 6.07) is 8.32. The van der Waals surface area contributed by atoms with Crippen LogP contribution in [0.3, 0.4) is 0 Å². The maximum Gasteiger partial charge on any atom is 0.411 e. The van der Waals surface area contributed by atoms with Crippen LogP contribution >= 0.6 is 23.2 Å². The van der Waals surface area contributed by atoms with Gasteiger partial charge in [-0.15, -0.1) is 0 Å². The first-order valence-electron chi connectivity index (χ1n) is 13.5. The minimum atomic E-state index is -3.07. The number of nitrogens with zero attached hydrogens (tertiary/aromatic N) is 2. The number of carbonyl (C=O) groups excluding carboxylic acids is 3. The van der Waals surface area contributed by atoms with Gasteiger partial charge in [-0.1, -0.05) is 35.4 Å². The SMILES string of the molecule is COC(=O)Nc1ccc2c(c1)NC(=O)CCC=CCC(N1CCC(c3cc(Cl)ccc3OC(F)F)OC1=O)c1nc-2c(Cl)[nH]1. The molecule has 232 valence electrons. The number of amides is 3. The largest absolute Gasteiger partial charge is 0.453 e. The molecular weight excluding hydrogens is 623 g/mol. The normalized spacial score (nSPS) is 18.7. The van der Waals surface area contributed by atoms with E-state index in [-0.39, 0.29) is 46.8 Å². The average Bonchev–Trinajstić information content (AvgIpc) is 3.36. The van der Waals surface area contributed by atoms with E-state index in [4.69, 9.17) is 32.9 Å². The van der Waals surface area contributed by atoms with Crippen LogP contribution in [-0.2, 0) is 14.3 Å². The lowest BCUT2D eigenvalue weighted by molar-refractivity contribution is -0.116. The van der Waals surface area contributed by atoms with E-state index in [0.29, 0.717) is 41.3 Å². The van der Waals surface area contributed by atoms with Gasteiger partial charge in [0.2, 0.25) is 5.91 Å². The van der Waals surface area contributed by atoms with Gasteiger partial charge in [0.1, 0.15) is 28.5 Å². The molecule has 2 aliphatic heterocycles. The molecule has 2 unspecified atom stereocenters. The highest BCUT2D eigenvalue weighted by atomic mass is 35.5. The summed E-state index contributed by atoms with van der Waals surface area (Å²) in [5.41, 5.74) is 1.75. The number of carbonyl (C=O) groups is 3. The Kier molecular flexibility index (Phi) is 9.55. The second-order valence-corrected chi connectivity index (χ2v) is 10.7. The lowest BCUT2D eigenvalue weighted by atomic mass is 10.0. The van der Waals surface area contributed by atoms with E-state index in [1.807, 2.05) is 12.2 Å². The van der Waals surface area contributed by atoms with E-state index >= 15 is 0 Å². The molecule has 3 aromatic rings. The number of ether oxygens (including phenoxy) is 3. The van der Waals surface area contributed by atoms with Crippen molar-refractivity contribution in [2.24, 2.45) is 0 Å². The Morgan fingerprint density at radius 2 is 2.00 bits per heavy atom. The van der Waals surface area contributed by atoms with Crippen molar-refractivity contribution in [1.29, 1.82) is 0 Å². The molecule has 3 N–H and O–H groups in total. The number of aromatic nitrogens is 2. The van der Waals surface area contributed by atoms with Gasteiger partial charge in [-0.2, -0.15) is 8.78 Å². The molecule has 1 saturated heterocycles. The molecule has 0 radical (unpaired) electrons. The van der Waals surface area contributed by atoms with Gasteiger partial charge >= 0.3 is 18.8 Å². The Labute approximate surface area is 260 Å². The van der Waals surface area contributed by atoms with Crippen molar-refractivity contribution in [3.05, 3.63) is 70.1 Å². The van der Waals surface area contributed by atoms with Gasteiger partial charge in [-0.25, -0.2) is 14.6 Å². The zero-order valence-corrected chi connectivity index (χ0v) is 24.8. The number of H-pyrrole nitrogens is 1. The van der Waals surface area contributed by atoms with Gasteiger partial charge in [-0.05, 0) is 49.2 Å². The Morgan fingerprint density at radius 1 is 1.18 bits per heavy atom. The number of hydrogen-bond acceptors (Lipinski definition) is 7. The summed E-state index contributed by atoms with van der Waals surface area (Å²) in [5.74, 6) is -0.0339. The summed E-state index contributed by atoms with van der Waals surface area (Å²) in [7, 11) is 1.23. The number of methoxy groups -OCH3 is 1. The van der Waals surface area contributed by atoms with E-state index in [2.05, 4.69) is 25.1 Å². The molecule has 0 aliphatic carbocycles. The second kappa shape index (κ2) is 13.5. The predicted octanol–water partition coefficient (Wildman–Crippen LogP) is 7.47. The second-order valence-electron chi connectivity index (χ2n) is 9.89. The molecule has 2 aliphatic rings. The Balaban J connectivity index is 1.46. The number of halogens is 4. The standard InChI is InChI=1S/C29H27Cl2F2N5O6/c1-42-28(40)34-16-8-9-17-19(14-16)35-23(39)6-4-2-3-5-20(26-36-24(17)25(31)37-26)38-12-11-22(44-29(38)41)18-13-15(30)7-10-21(18)43-27(32)33/h2-3,7-10,13-14,20,22,27H,4-6,11-12H2,1H3,(H,34,40)(H,35,39)(H,36,37). The molecule has 1 fully saturated rings. The van der Waals surface area contributed by atoms with Crippen LogP contribution in [0.4, 0.5) is 29.7 Å². The van der Waals surface area contributed by atoms with Gasteiger partial charge in [0.25, 0.3) is 0 Å². The Hall–Kier alpha value is -4.36. The van der Waals surface area contributed by atoms with E-state index in [9.17, 15) is 23.2 Å². The van der Waals surface area contributed by atoms with Crippen molar-refractivity contribution >= 4 is 52.7 Å². The van der Waals surface area contributed by atoms with Crippen LogP contribution in [0.2, 0.25) is 10.2 Å². The third-order valence-corrected chi connectivity index (χ3v) is 7.57. The number of alkyl halides is 2. The fourth-order valence-electron chi connectivity index (χ4n) is 5.04. The van der Waals surface area contributed by atoms with Crippen LogP contribution in [0, 0.1) is 0 Å². The van der Waals surface area contributed by atoms with Gasteiger partial charge in [0, 0.05) is 41.2 Å². The van der Waals surface area contributed by atoms with Crippen LogP contribution in [0.1, 0.15) is 49.2 Å². The molecule has 11 nitrogen and oxygen atoms in total. The Bertz CT molecular complexity index is 1600. The van der Waals surface area contributed by atoms with Crippen LogP contribution in [0.25, 0.3) is 11.3 Å². The fraction of sp³-hybridized carbons (Fsp3) is 0.310. The van der Waals surface area contributed by atoms with Gasteiger partial charge in [-0.3, -0.25) is 15.0 Å². The number of imidazole rings is 1. The summed E-state index contributed by atoms with van der Waals surface area (Å²) < 4.78 is 41.0. The molecule has 2 aromatic carbocycles. The molecule has 5 rings (SSSR count). The zero-order chi connectivity index (χ0) is 31.4. The summed E-state index contributed by atoms with van der Waals surface area (Å²) in [6.07, 6.45) is 2.57. The van der Waals surface area contributed by atoms with E-state index < -0.39 is 30.9 Å². The highest BCUT2D eigenvalue weighted by molar-refractivity contribution is 6.32. The molecule has 2 atom stereocenters. The minimum Gasteiger partial charge on any atom is -0.453 e. The summed E-state index contributed by atoms with van der Waals surface area (Å²) in [6.45, 7) is -2.88. The van der Waals surface area contributed by atoms with Crippen LogP contribution in [0.5, 0.6) is 5.75 Å². The predicted molar refractivity (Wildman–Crippen MR) is 158 cm³/mol. The lowest BCUT2D eigenvalue weighted by Gasteiger charge is -2.36. The van der Waals surface area contributed by atoms with Crippen LogP contribution < -0.4 is 15.4 Å². The number of allylic oxidation sites excluding steroid dienone is 1. The molecule has 1 aromatic heterocycles. The summed E-state index contributed by atoms with van der Waals surface area (Å²) >= 11 is 12.7. The zero-order valence-electron chi connectivity index (χ0n) is 23.2. The lowest BCUT2D eigenvalue weighted by Crippen LogP contribution is -2.42. The third-order valence-electron chi connectivity index (χ3n) is 7.06. The first-order chi connectivity index (χ1) is 21.1. The first kappa shape index (κ1) is 31.1. The van der Waals surface area contributed by atoms with Crippen LogP contribution in [0.15, 0.2) is 48.6 Å². The minimum absolute atomic E-state index is 0.130. The highest BCUT2D eigenvalue weighted by Crippen LogP contribution is 2.40. The van der Waals surface area contributed by atoms with Gasteiger partial charge in [0.05, 0.1) is 18.8 Å². The fourth-order valence-corrected chi connectivity index (χ4v) is 5.46. The van der Waals surface area contributed by atoms with Gasteiger partial charge < -0.3 is 24.5 Å². The molecular formula is C29H27Cl2F2N5O6. The topological polar surface area (TPSA) is 135 Å². The molecule has 2 bridgehead atoms. The van der Waals surface area contributed by atoms with Crippen molar-refractivity contribution in [3.8, 4) is 17.0 Å². The maximum absolute atomic E-state index is 13.4. The average molecular weight is 650 g/mol. The number of anilines is 2. The monoisotopic (exact) mass is 649 g/mol. The number of aromatic amines is 1. The third kappa shape index (κ3) is 7.05.